The molecule has 6 nitrogen and oxygen atoms in total. The summed E-state index contributed by atoms with van der Waals surface area (Å²) in [6, 6.07) is 13.3. The molecule has 23 heavy (non-hydrogen) atoms. The van der Waals surface area contributed by atoms with Crippen LogP contribution in [0.2, 0.25) is 0 Å². The van der Waals surface area contributed by atoms with E-state index in [0.717, 1.165) is 11.3 Å². The van der Waals surface area contributed by atoms with Crippen molar-refractivity contribution < 1.29 is 14.7 Å². The highest BCUT2D eigenvalue weighted by molar-refractivity contribution is 5.96. The van der Waals surface area contributed by atoms with Crippen molar-refractivity contribution in [3.63, 3.8) is 0 Å². The summed E-state index contributed by atoms with van der Waals surface area (Å²) >= 11 is 0. The van der Waals surface area contributed by atoms with Gasteiger partial charge in [0.2, 0.25) is 0 Å². The summed E-state index contributed by atoms with van der Waals surface area (Å²) in [5.74, 6) is -1.43. The molecule has 0 aliphatic heterocycles. The van der Waals surface area contributed by atoms with Gasteiger partial charge in [0.1, 0.15) is 0 Å². The molecule has 0 spiro atoms. The maximum Gasteiger partial charge on any atom is 0.335 e. The van der Waals surface area contributed by atoms with E-state index in [1.54, 1.807) is 6.21 Å². The van der Waals surface area contributed by atoms with E-state index in [-0.39, 0.29) is 5.56 Å². The monoisotopic (exact) mass is 311 g/mol. The van der Waals surface area contributed by atoms with Crippen molar-refractivity contribution in [2.45, 2.75) is 0 Å². The number of para-hydroxylation sites is 1. The van der Waals surface area contributed by atoms with Crippen LogP contribution in [0, 0.1) is 0 Å². The second-order valence-corrected chi connectivity index (χ2v) is 5.03. The molecule has 0 fully saturated rings. The van der Waals surface area contributed by atoms with Crippen LogP contribution in [0.3, 0.4) is 0 Å². The van der Waals surface area contributed by atoms with E-state index >= 15 is 0 Å². The highest BCUT2D eigenvalue weighted by Crippen LogP contribution is 2.15. The highest BCUT2D eigenvalue weighted by Gasteiger charge is 2.07. The van der Waals surface area contributed by atoms with Gasteiger partial charge in [0.15, 0.2) is 0 Å². The molecule has 6 heteroatoms. The van der Waals surface area contributed by atoms with E-state index in [4.69, 9.17) is 5.11 Å². The minimum Gasteiger partial charge on any atom is -0.478 e. The second-order valence-electron chi connectivity index (χ2n) is 5.03. The van der Waals surface area contributed by atoms with Gasteiger partial charge in [0.25, 0.3) is 5.91 Å². The molecule has 0 aliphatic rings. The number of aromatic carboxylic acids is 1. The predicted octanol–water partition coefficient (Wildman–Crippen LogP) is 2.21. The number of carboxylic acids is 1. The Morgan fingerprint density at radius 2 is 1.65 bits per heavy atom. The van der Waals surface area contributed by atoms with Gasteiger partial charge in [0.05, 0.1) is 11.8 Å². The van der Waals surface area contributed by atoms with Gasteiger partial charge in [-0.2, -0.15) is 5.10 Å². The number of hydrogen-bond acceptors (Lipinski definition) is 4. The van der Waals surface area contributed by atoms with E-state index in [1.807, 2.05) is 43.3 Å². The number of carboxylic acid groups (broad SMARTS) is 1. The van der Waals surface area contributed by atoms with Gasteiger partial charge >= 0.3 is 5.97 Å². The molecule has 0 saturated carbocycles. The molecule has 118 valence electrons. The number of carbonyl (C=O) groups is 2. The average Bonchev–Trinajstić information content (AvgIpc) is 2.55. The van der Waals surface area contributed by atoms with Crippen molar-refractivity contribution in [2.24, 2.45) is 5.10 Å². The van der Waals surface area contributed by atoms with Crippen LogP contribution in [0.5, 0.6) is 0 Å². The minimum absolute atomic E-state index is 0.130. The molecule has 0 saturated heterocycles. The first-order valence-corrected chi connectivity index (χ1v) is 6.92. The molecular weight excluding hydrogens is 294 g/mol. The fraction of sp³-hybridized carbons (Fsp3) is 0.118. The van der Waals surface area contributed by atoms with Crippen LogP contribution in [0.25, 0.3) is 0 Å². The van der Waals surface area contributed by atoms with Crippen molar-refractivity contribution in [1.82, 2.24) is 5.43 Å². The molecule has 0 bridgehead atoms. The number of carbonyl (C=O) groups excluding carboxylic acids is 1. The Labute approximate surface area is 134 Å². The topological polar surface area (TPSA) is 82.0 Å². The molecule has 2 aromatic carbocycles. The molecule has 1 amide bonds. The van der Waals surface area contributed by atoms with E-state index < -0.39 is 11.9 Å². The first-order chi connectivity index (χ1) is 11.0. The zero-order chi connectivity index (χ0) is 16.8. The Morgan fingerprint density at radius 1 is 1.04 bits per heavy atom. The highest BCUT2D eigenvalue weighted by atomic mass is 16.4. The molecule has 2 rings (SSSR count). The lowest BCUT2D eigenvalue weighted by Crippen LogP contribution is -2.18. The lowest BCUT2D eigenvalue weighted by Gasteiger charge is -2.14. The third-order valence-electron chi connectivity index (χ3n) is 3.18. The lowest BCUT2D eigenvalue weighted by molar-refractivity contribution is 0.0696. The third-order valence-corrected chi connectivity index (χ3v) is 3.18. The smallest absolute Gasteiger partial charge is 0.335 e. The molecule has 0 aromatic heterocycles. The predicted molar refractivity (Wildman–Crippen MR) is 89.2 cm³/mol. The van der Waals surface area contributed by atoms with Crippen LogP contribution in [0.15, 0.2) is 53.6 Å². The van der Waals surface area contributed by atoms with Crippen molar-refractivity contribution in [3.8, 4) is 0 Å². The molecule has 2 N–H and O–H groups in total. The van der Waals surface area contributed by atoms with Gasteiger partial charge in [-0.25, -0.2) is 10.2 Å². The summed E-state index contributed by atoms with van der Waals surface area (Å²) < 4.78 is 0. The number of nitrogens with one attached hydrogen (secondary N) is 1. The summed E-state index contributed by atoms with van der Waals surface area (Å²) in [5, 5.41) is 12.8. The van der Waals surface area contributed by atoms with Gasteiger partial charge in [-0.05, 0) is 30.3 Å². The average molecular weight is 311 g/mol. The van der Waals surface area contributed by atoms with Crippen LogP contribution in [0.4, 0.5) is 5.69 Å². The van der Waals surface area contributed by atoms with Crippen molar-refractivity contribution in [1.29, 1.82) is 0 Å². The van der Waals surface area contributed by atoms with Crippen molar-refractivity contribution in [2.75, 3.05) is 19.0 Å². The molecule has 2 aromatic rings. The van der Waals surface area contributed by atoms with Gasteiger partial charge in [-0.1, -0.05) is 18.2 Å². The zero-order valence-corrected chi connectivity index (χ0v) is 12.9. The Kier molecular flexibility index (Phi) is 5.09. The minimum atomic E-state index is -1.03. The van der Waals surface area contributed by atoms with E-state index in [0.29, 0.717) is 5.56 Å². The molecule has 0 aliphatic carbocycles. The van der Waals surface area contributed by atoms with Gasteiger partial charge in [0, 0.05) is 30.9 Å². The lowest BCUT2D eigenvalue weighted by atomic mass is 10.1. The molecular formula is C17H17N3O3. The quantitative estimate of drug-likeness (QED) is 0.655. The Bertz CT molecular complexity index is 737. The molecule has 0 radical (unpaired) electrons. The van der Waals surface area contributed by atoms with Crippen molar-refractivity contribution in [3.05, 3.63) is 65.2 Å². The number of amides is 1. The standard InChI is InChI=1S/C17H17N3O3/c1-20(2)15-6-4-3-5-14(15)11-18-19-16(21)12-7-9-13(10-8-12)17(22)23/h3-11H,1-2H3,(H,19,21)(H,22,23)/b18-11+. The number of rotatable bonds is 5. The van der Waals surface area contributed by atoms with Gasteiger partial charge in [-0.15, -0.1) is 0 Å². The molecule has 0 unspecified atom stereocenters. The first-order valence-electron chi connectivity index (χ1n) is 6.92. The molecule has 0 heterocycles. The second kappa shape index (κ2) is 7.22. The van der Waals surface area contributed by atoms with E-state index in [2.05, 4.69) is 10.5 Å². The van der Waals surface area contributed by atoms with Crippen LogP contribution in [0.1, 0.15) is 26.3 Å². The largest absolute Gasteiger partial charge is 0.478 e. The maximum atomic E-state index is 12.0. The Balaban J connectivity index is 2.05. The first kappa shape index (κ1) is 16.2. The number of hydrogen-bond donors (Lipinski definition) is 2. The van der Waals surface area contributed by atoms with Crippen molar-refractivity contribution >= 4 is 23.8 Å². The van der Waals surface area contributed by atoms with Gasteiger partial charge in [-0.3, -0.25) is 4.79 Å². The van der Waals surface area contributed by atoms with E-state index in [9.17, 15) is 9.59 Å². The Morgan fingerprint density at radius 3 is 2.26 bits per heavy atom. The fourth-order valence-electron chi connectivity index (χ4n) is 1.99. The summed E-state index contributed by atoms with van der Waals surface area (Å²) in [4.78, 5) is 24.7. The molecule has 0 atom stereocenters. The van der Waals surface area contributed by atoms with E-state index in [1.165, 1.54) is 24.3 Å². The third kappa shape index (κ3) is 4.16. The van der Waals surface area contributed by atoms with Crippen LogP contribution in [-0.4, -0.2) is 37.3 Å². The number of hydrazone groups is 1. The van der Waals surface area contributed by atoms with Gasteiger partial charge < -0.3 is 10.0 Å². The summed E-state index contributed by atoms with van der Waals surface area (Å²) in [6.07, 6.45) is 1.57. The van der Waals surface area contributed by atoms with Crippen LogP contribution >= 0.6 is 0 Å². The number of anilines is 1. The SMILES string of the molecule is CN(C)c1ccccc1/C=N/NC(=O)c1ccc(C(=O)O)cc1. The van der Waals surface area contributed by atoms with Crippen LogP contribution < -0.4 is 10.3 Å². The normalized spacial score (nSPS) is 10.5. The summed E-state index contributed by atoms with van der Waals surface area (Å²) in [6.45, 7) is 0. The zero-order valence-electron chi connectivity index (χ0n) is 12.9. The fourth-order valence-corrected chi connectivity index (χ4v) is 1.99. The number of benzene rings is 2. The summed E-state index contributed by atoms with van der Waals surface area (Å²) in [7, 11) is 3.85. The number of nitrogens with zero attached hydrogens (tertiary/aromatic N) is 2. The maximum absolute atomic E-state index is 12.0. The Hall–Kier alpha value is -3.15. The summed E-state index contributed by atoms with van der Waals surface area (Å²) in [5.41, 5.74) is 4.75. The van der Waals surface area contributed by atoms with Crippen LogP contribution in [-0.2, 0) is 0 Å².